The maximum absolute atomic E-state index is 9.63. The molecule has 1 aromatic heterocycles. The lowest BCUT2D eigenvalue weighted by Crippen LogP contribution is -2.04. The van der Waals surface area contributed by atoms with Gasteiger partial charge >= 0.3 is 0 Å². The zero-order valence-electron chi connectivity index (χ0n) is 8.13. The molecule has 0 amide bonds. The molecular formula is C9H16N2O. The second kappa shape index (κ2) is 3.17. The zero-order chi connectivity index (χ0) is 9.30. The highest BCUT2D eigenvalue weighted by molar-refractivity contribution is 5.15. The van der Waals surface area contributed by atoms with Gasteiger partial charge in [-0.25, -0.2) is 4.98 Å². The van der Waals surface area contributed by atoms with Crippen molar-refractivity contribution < 1.29 is 5.21 Å². The number of aryl methyl sites for hydroxylation is 1. The largest absolute Gasteiger partial charge is 0.427 e. The van der Waals surface area contributed by atoms with Gasteiger partial charge in [0.2, 0.25) is 0 Å². The molecule has 1 rings (SSSR count). The first-order valence-corrected chi connectivity index (χ1v) is 4.35. The predicted molar refractivity (Wildman–Crippen MR) is 47.6 cm³/mol. The van der Waals surface area contributed by atoms with Gasteiger partial charge in [0.15, 0.2) is 0 Å². The summed E-state index contributed by atoms with van der Waals surface area (Å²) in [5, 5.41) is 9.63. The Morgan fingerprint density at radius 3 is 2.33 bits per heavy atom. The third-order valence-corrected chi connectivity index (χ3v) is 2.02. The molecule has 1 heterocycles. The Bertz CT molecular complexity index is 276. The minimum atomic E-state index is 0.272. The van der Waals surface area contributed by atoms with Crippen molar-refractivity contribution in [3.8, 4) is 0 Å². The van der Waals surface area contributed by atoms with E-state index in [-0.39, 0.29) is 5.92 Å². The third-order valence-electron chi connectivity index (χ3n) is 2.02. The van der Waals surface area contributed by atoms with Crippen molar-refractivity contribution in [2.45, 2.75) is 40.0 Å². The molecule has 0 unspecified atom stereocenters. The summed E-state index contributed by atoms with van der Waals surface area (Å²) in [6.45, 7) is 7.99. The van der Waals surface area contributed by atoms with E-state index in [2.05, 4.69) is 4.98 Å². The molecule has 0 atom stereocenters. The van der Waals surface area contributed by atoms with Crippen molar-refractivity contribution in [2.24, 2.45) is 0 Å². The van der Waals surface area contributed by atoms with Crippen LogP contribution in [-0.4, -0.2) is 14.9 Å². The molecule has 3 nitrogen and oxygen atoms in total. The SMILES string of the molecule is CCc1c(C)nc(C(C)C)n1O. The van der Waals surface area contributed by atoms with E-state index in [1.165, 1.54) is 4.73 Å². The van der Waals surface area contributed by atoms with Crippen molar-refractivity contribution in [1.82, 2.24) is 9.71 Å². The molecule has 68 valence electrons. The highest BCUT2D eigenvalue weighted by atomic mass is 16.5. The van der Waals surface area contributed by atoms with Crippen molar-refractivity contribution in [3.05, 3.63) is 17.2 Å². The van der Waals surface area contributed by atoms with Gasteiger partial charge in [-0.15, -0.1) is 0 Å². The predicted octanol–water partition coefficient (Wildman–Crippen LogP) is 2.11. The van der Waals surface area contributed by atoms with Crippen LogP contribution in [0.25, 0.3) is 0 Å². The van der Waals surface area contributed by atoms with Crippen molar-refractivity contribution >= 4 is 0 Å². The Morgan fingerprint density at radius 2 is 2.08 bits per heavy atom. The number of rotatable bonds is 2. The van der Waals surface area contributed by atoms with Gasteiger partial charge in [0.25, 0.3) is 0 Å². The summed E-state index contributed by atoms with van der Waals surface area (Å²) in [5.74, 6) is 1.03. The van der Waals surface area contributed by atoms with Crippen LogP contribution < -0.4 is 0 Å². The molecule has 0 aliphatic carbocycles. The lowest BCUT2D eigenvalue weighted by atomic mass is 10.2. The molecule has 1 N–H and O–H groups in total. The fourth-order valence-electron chi connectivity index (χ4n) is 1.35. The molecule has 0 saturated carbocycles. The molecule has 0 aromatic carbocycles. The maximum atomic E-state index is 9.63. The molecule has 0 spiro atoms. The van der Waals surface area contributed by atoms with Crippen LogP contribution in [0, 0.1) is 6.92 Å². The summed E-state index contributed by atoms with van der Waals surface area (Å²) >= 11 is 0. The Labute approximate surface area is 73.0 Å². The Kier molecular flexibility index (Phi) is 2.40. The van der Waals surface area contributed by atoms with Gasteiger partial charge in [-0.3, -0.25) is 0 Å². The third kappa shape index (κ3) is 1.31. The number of hydrogen-bond acceptors (Lipinski definition) is 2. The lowest BCUT2D eigenvalue weighted by Gasteiger charge is -2.04. The fraction of sp³-hybridized carbons (Fsp3) is 0.667. The van der Waals surface area contributed by atoms with Crippen LogP contribution in [0.4, 0.5) is 0 Å². The first kappa shape index (κ1) is 9.10. The first-order chi connectivity index (χ1) is 5.57. The average Bonchev–Trinajstić information content (AvgIpc) is 2.27. The Balaban J connectivity index is 3.17. The fourth-order valence-corrected chi connectivity index (χ4v) is 1.35. The Morgan fingerprint density at radius 1 is 1.50 bits per heavy atom. The standard InChI is InChI=1S/C9H16N2O/c1-5-8-7(4)10-9(6(2)3)11(8)12/h6,12H,5H2,1-4H3. The summed E-state index contributed by atoms with van der Waals surface area (Å²) in [6.07, 6.45) is 0.821. The van der Waals surface area contributed by atoms with E-state index in [9.17, 15) is 5.21 Å². The van der Waals surface area contributed by atoms with Gasteiger partial charge in [0.05, 0.1) is 11.4 Å². The molecule has 3 heteroatoms. The van der Waals surface area contributed by atoms with Gasteiger partial charge in [-0.1, -0.05) is 20.8 Å². The summed E-state index contributed by atoms with van der Waals surface area (Å²) in [4.78, 5) is 4.29. The lowest BCUT2D eigenvalue weighted by molar-refractivity contribution is 0.164. The van der Waals surface area contributed by atoms with Gasteiger partial charge < -0.3 is 5.21 Å². The molecule has 0 saturated heterocycles. The summed E-state index contributed by atoms with van der Waals surface area (Å²) in [7, 11) is 0. The van der Waals surface area contributed by atoms with Gasteiger partial charge in [0, 0.05) is 5.92 Å². The normalized spacial score (nSPS) is 11.1. The van der Waals surface area contributed by atoms with Crippen molar-refractivity contribution in [3.63, 3.8) is 0 Å². The van der Waals surface area contributed by atoms with Gasteiger partial charge in [-0.05, 0) is 13.3 Å². The second-order valence-corrected chi connectivity index (χ2v) is 3.32. The van der Waals surface area contributed by atoms with E-state index in [1.807, 2.05) is 27.7 Å². The molecule has 1 aromatic rings. The second-order valence-electron chi connectivity index (χ2n) is 3.32. The average molecular weight is 168 g/mol. The van der Waals surface area contributed by atoms with Gasteiger partial charge in [-0.2, -0.15) is 4.73 Å². The number of hydrogen-bond donors (Lipinski definition) is 1. The molecule has 12 heavy (non-hydrogen) atoms. The number of aromatic nitrogens is 2. The smallest absolute Gasteiger partial charge is 0.147 e. The van der Waals surface area contributed by atoms with Crippen molar-refractivity contribution in [2.75, 3.05) is 0 Å². The van der Waals surface area contributed by atoms with Crippen LogP contribution in [0.5, 0.6) is 0 Å². The minimum absolute atomic E-state index is 0.272. The van der Waals surface area contributed by atoms with Crippen LogP contribution >= 0.6 is 0 Å². The minimum Gasteiger partial charge on any atom is -0.427 e. The van der Waals surface area contributed by atoms with E-state index in [0.29, 0.717) is 0 Å². The summed E-state index contributed by atoms with van der Waals surface area (Å²) in [6, 6.07) is 0. The molecule has 0 fully saturated rings. The zero-order valence-corrected chi connectivity index (χ0v) is 8.13. The monoisotopic (exact) mass is 168 g/mol. The molecule has 0 bridgehead atoms. The van der Waals surface area contributed by atoms with Crippen LogP contribution in [0.15, 0.2) is 0 Å². The van der Waals surface area contributed by atoms with Crippen LogP contribution in [0.1, 0.15) is 43.9 Å². The number of nitrogens with zero attached hydrogens (tertiary/aromatic N) is 2. The van der Waals surface area contributed by atoms with E-state index in [0.717, 1.165) is 23.6 Å². The molecule has 0 aliphatic heterocycles. The highest BCUT2D eigenvalue weighted by Crippen LogP contribution is 2.16. The van der Waals surface area contributed by atoms with E-state index in [1.54, 1.807) is 0 Å². The van der Waals surface area contributed by atoms with E-state index in [4.69, 9.17) is 0 Å². The topological polar surface area (TPSA) is 38.0 Å². The summed E-state index contributed by atoms with van der Waals surface area (Å²) < 4.78 is 1.22. The molecule has 0 radical (unpaired) electrons. The van der Waals surface area contributed by atoms with E-state index < -0.39 is 0 Å². The van der Waals surface area contributed by atoms with Gasteiger partial charge in [0.1, 0.15) is 5.82 Å². The number of imidazole rings is 1. The van der Waals surface area contributed by atoms with Crippen LogP contribution in [-0.2, 0) is 6.42 Å². The van der Waals surface area contributed by atoms with E-state index >= 15 is 0 Å². The quantitative estimate of drug-likeness (QED) is 0.687. The van der Waals surface area contributed by atoms with Crippen LogP contribution in [0.2, 0.25) is 0 Å². The maximum Gasteiger partial charge on any atom is 0.147 e. The Hall–Kier alpha value is -0.990. The summed E-state index contributed by atoms with van der Waals surface area (Å²) in [5.41, 5.74) is 1.85. The highest BCUT2D eigenvalue weighted by Gasteiger charge is 2.14. The molecule has 0 aliphatic rings. The molecular weight excluding hydrogens is 152 g/mol. The van der Waals surface area contributed by atoms with Crippen LogP contribution in [0.3, 0.4) is 0 Å². The first-order valence-electron chi connectivity index (χ1n) is 4.35. The van der Waals surface area contributed by atoms with Crippen molar-refractivity contribution in [1.29, 1.82) is 0 Å².